The highest BCUT2D eigenvalue weighted by Crippen LogP contribution is 2.41. The van der Waals surface area contributed by atoms with Crippen molar-refractivity contribution in [1.82, 2.24) is 19.7 Å². The van der Waals surface area contributed by atoms with Gasteiger partial charge in [-0.3, -0.25) is 0 Å². The first-order chi connectivity index (χ1) is 13.7. The average molecular weight is 406 g/mol. The lowest BCUT2D eigenvalue weighted by atomic mass is 9.90. The van der Waals surface area contributed by atoms with Gasteiger partial charge in [-0.1, -0.05) is 0 Å². The molecule has 1 spiro atoms. The molecule has 0 N–H and O–H groups in total. The van der Waals surface area contributed by atoms with Crippen molar-refractivity contribution >= 4 is 28.5 Å². The average Bonchev–Trinajstić information content (AvgIpc) is 3.41. The predicted octanol–water partition coefficient (Wildman–Crippen LogP) is 2.71. The molecule has 2 aromatic rings. The number of halogens is 1. The Morgan fingerprint density at radius 2 is 1.71 bits per heavy atom. The fourth-order valence-corrected chi connectivity index (χ4v) is 5.41. The zero-order valence-corrected chi connectivity index (χ0v) is 16.5. The van der Waals surface area contributed by atoms with Gasteiger partial charge in [-0.05, 0) is 37.3 Å². The minimum absolute atomic E-state index is 0.274. The molecule has 0 radical (unpaired) electrons. The van der Waals surface area contributed by atoms with Crippen LogP contribution in [0.1, 0.15) is 44.6 Å². The number of anilines is 1. The van der Waals surface area contributed by atoms with Gasteiger partial charge >= 0.3 is 0 Å². The Kier molecular flexibility index (Phi) is 4.05. The summed E-state index contributed by atoms with van der Waals surface area (Å²) in [5.41, 5.74) is 0.822. The summed E-state index contributed by atoms with van der Waals surface area (Å²) >= 11 is 6.34. The molecule has 2 unspecified atom stereocenters. The van der Waals surface area contributed by atoms with Crippen molar-refractivity contribution in [1.29, 1.82) is 0 Å². The minimum atomic E-state index is -0.371. The molecule has 4 fully saturated rings. The van der Waals surface area contributed by atoms with Gasteiger partial charge in [0.2, 0.25) is 5.28 Å². The molecule has 6 rings (SSSR count). The molecule has 1 saturated carbocycles. The van der Waals surface area contributed by atoms with Gasteiger partial charge in [-0.15, -0.1) is 0 Å². The van der Waals surface area contributed by atoms with E-state index in [1.807, 2.05) is 10.9 Å². The quantitative estimate of drug-likeness (QED) is 0.711. The Labute approximate surface area is 168 Å². The minimum Gasteiger partial charge on any atom is -0.371 e. The summed E-state index contributed by atoms with van der Waals surface area (Å²) in [5.74, 6) is 0.515. The lowest BCUT2D eigenvalue weighted by Gasteiger charge is -2.35. The van der Waals surface area contributed by atoms with Crippen LogP contribution in [0.2, 0.25) is 5.28 Å². The molecule has 28 heavy (non-hydrogen) atoms. The van der Waals surface area contributed by atoms with E-state index in [4.69, 9.17) is 30.9 Å². The van der Waals surface area contributed by atoms with E-state index >= 15 is 0 Å². The van der Waals surface area contributed by atoms with Gasteiger partial charge in [-0.2, -0.15) is 15.1 Å². The number of morpholine rings is 1. The fraction of sp³-hybridized carbons (Fsp3) is 0.737. The van der Waals surface area contributed by atoms with E-state index in [1.54, 1.807) is 0 Å². The molecule has 150 valence electrons. The molecular formula is C19H24ClN5O3. The zero-order chi connectivity index (χ0) is 18.7. The summed E-state index contributed by atoms with van der Waals surface area (Å²) in [4.78, 5) is 11.4. The summed E-state index contributed by atoms with van der Waals surface area (Å²) in [6.45, 7) is 3.10. The SMILES string of the molecule is Clc1nc(N2CC3CCC(C2)O3)c2cnn(C3CCC4(CC3)OCCO4)c2n1. The summed E-state index contributed by atoms with van der Waals surface area (Å²) in [7, 11) is 0. The van der Waals surface area contributed by atoms with Crippen LogP contribution < -0.4 is 4.90 Å². The van der Waals surface area contributed by atoms with Gasteiger partial charge in [0, 0.05) is 25.9 Å². The zero-order valence-electron chi connectivity index (χ0n) is 15.7. The molecule has 3 saturated heterocycles. The van der Waals surface area contributed by atoms with Crippen LogP contribution in [0, 0.1) is 0 Å². The second-order valence-corrected chi connectivity index (χ2v) is 8.68. The summed E-state index contributed by atoms with van der Waals surface area (Å²) < 4.78 is 19.7. The third kappa shape index (κ3) is 2.81. The fourth-order valence-electron chi connectivity index (χ4n) is 5.25. The van der Waals surface area contributed by atoms with Crippen molar-refractivity contribution < 1.29 is 14.2 Å². The molecule has 1 aliphatic carbocycles. The molecule has 8 nitrogen and oxygen atoms in total. The number of aromatic nitrogens is 4. The highest BCUT2D eigenvalue weighted by Gasteiger charge is 2.41. The third-order valence-electron chi connectivity index (χ3n) is 6.63. The molecule has 0 aromatic carbocycles. The largest absolute Gasteiger partial charge is 0.371 e. The third-order valence-corrected chi connectivity index (χ3v) is 6.79. The summed E-state index contributed by atoms with van der Waals surface area (Å²) in [5, 5.41) is 5.95. The van der Waals surface area contributed by atoms with Gasteiger partial charge in [0.25, 0.3) is 0 Å². The number of ether oxygens (including phenoxy) is 3. The molecule has 2 atom stereocenters. The molecule has 5 heterocycles. The van der Waals surface area contributed by atoms with Gasteiger partial charge in [0.1, 0.15) is 5.82 Å². The number of rotatable bonds is 2. The normalized spacial score (nSPS) is 30.0. The Bertz CT molecular complexity index is 877. The Morgan fingerprint density at radius 3 is 2.43 bits per heavy atom. The molecule has 3 aliphatic heterocycles. The van der Waals surface area contributed by atoms with Crippen molar-refractivity contribution in [2.24, 2.45) is 0 Å². The van der Waals surface area contributed by atoms with Crippen LogP contribution in [0.15, 0.2) is 6.20 Å². The van der Waals surface area contributed by atoms with Gasteiger partial charge in [0.15, 0.2) is 11.4 Å². The molecule has 2 bridgehead atoms. The van der Waals surface area contributed by atoms with Crippen LogP contribution >= 0.6 is 11.6 Å². The van der Waals surface area contributed by atoms with E-state index in [0.29, 0.717) is 25.4 Å². The maximum absolute atomic E-state index is 6.34. The molecule has 9 heteroatoms. The second-order valence-electron chi connectivity index (χ2n) is 8.34. The topological polar surface area (TPSA) is 74.5 Å². The van der Waals surface area contributed by atoms with Gasteiger partial charge in [0.05, 0.1) is 43.0 Å². The first-order valence-electron chi connectivity index (χ1n) is 10.3. The lowest BCUT2D eigenvalue weighted by Crippen LogP contribution is -2.43. The smallest absolute Gasteiger partial charge is 0.226 e. The van der Waals surface area contributed by atoms with Gasteiger partial charge < -0.3 is 19.1 Å². The van der Waals surface area contributed by atoms with E-state index in [1.165, 1.54) is 0 Å². The van der Waals surface area contributed by atoms with Crippen molar-refractivity contribution in [2.75, 3.05) is 31.2 Å². The first-order valence-corrected chi connectivity index (χ1v) is 10.7. The van der Waals surface area contributed by atoms with Crippen LogP contribution in [-0.2, 0) is 14.2 Å². The Hall–Kier alpha value is -1.48. The maximum atomic E-state index is 6.34. The van der Waals surface area contributed by atoms with Crippen LogP contribution in [0.4, 0.5) is 5.82 Å². The van der Waals surface area contributed by atoms with E-state index in [2.05, 4.69) is 14.9 Å². The number of nitrogens with zero attached hydrogens (tertiary/aromatic N) is 5. The molecule has 2 aromatic heterocycles. The Balaban J connectivity index is 1.31. The van der Waals surface area contributed by atoms with E-state index in [-0.39, 0.29) is 17.1 Å². The van der Waals surface area contributed by atoms with Crippen LogP contribution in [-0.4, -0.2) is 64.0 Å². The standard InChI is InChI=1S/C19H24ClN5O3/c20-18-22-16(24-10-13-1-2-14(11-24)28-13)15-9-21-25(17(15)23-18)12-3-5-19(6-4-12)26-7-8-27-19/h9,12-14H,1-8,10-11H2. The Morgan fingerprint density at radius 1 is 1.00 bits per heavy atom. The van der Waals surface area contributed by atoms with Crippen LogP contribution in [0.25, 0.3) is 11.0 Å². The van der Waals surface area contributed by atoms with Crippen molar-refractivity contribution in [3.8, 4) is 0 Å². The van der Waals surface area contributed by atoms with E-state index < -0.39 is 0 Å². The highest BCUT2D eigenvalue weighted by molar-refractivity contribution is 6.28. The predicted molar refractivity (Wildman–Crippen MR) is 103 cm³/mol. The van der Waals surface area contributed by atoms with E-state index in [9.17, 15) is 0 Å². The van der Waals surface area contributed by atoms with Crippen molar-refractivity contribution in [2.45, 2.75) is 62.6 Å². The van der Waals surface area contributed by atoms with Crippen molar-refractivity contribution in [3.05, 3.63) is 11.5 Å². The summed E-state index contributed by atoms with van der Waals surface area (Å²) in [6.07, 6.45) is 8.40. The van der Waals surface area contributed by atoms with Crippen molar-refractivity contribution in [3.63, 3.8) is 0 Å². The summed E-state index contributed by atoms with van der Waals surface area (Å²) in [6, 6.07) is 0.274. The number of hydrogen-bond acceptors (Lipinski definition) is 7. The molecule has 4 aliphatic rings. The first kappa shape index (κ1) is 17.4. The van der Waals surface area contributed by atoms with Crippen LogP contribution in [0.3, 0.4) is 0 Å². The molecular weight excluding hydrogens is 382 g/mol. The highest BCUT2D eigenvalue weighted by atomic mass is 35.5. The van der Waals surface area contributed by atoms with E-state index in [0.717, 1.165) is 68.5 Å². The lowest BCUT2D eigenvalue weighted by molar-refractivity contribution is -0.181. The monoisotopic (exact) mass is 405 g/mol. The second kappa shape index (κ2) is 6.52. The molecule has 0 amide bonds. The van der Waals surface area contributed by atoms with Gasteiger partial charge in [-0.25, -0.2) is 4.68 Å². The number of hydrogen-bond donors (Lipinski definition) is 0. The maximum Gasteiger partial charge on any atom is 0.226 e. The number of fused-ring (bicyclic) bond motifs is 3. The van der Waals surface area contributed by atoms with Crippen LogP contribution in [0.5, 0.6) is 0 Å².